The number of nitrogens with one attached hydrogen (secondary N) is 1. The lowest BCUT2D eigenvalue weighted by Gasteiger charge is -2.56. The van der Waals surface area contributed by atoms with Gasteiger partial charge in [0.05, 0.1) is 0 Å². The molecule has 20 heavy (non-hydrogen) atoms. The summed E-state index contributed by atoms with van der Waals surface area (Å²) >= 11 is 0. The van der Waals surface area contributed by atoms with Gasteiger partial charge in [-0.25, -0.2) is 9.67 Å². The first kappa shape index (κ1) is 12.2. The van der Waals surface area contributed by atoms with E-state index in [0.29, 0.717) is 0 Å². The summed E-state index contributed by atoms with van der Waals surface area (Å²) < 4.78 is 1.51. The van der Waals surface area contributed by atoms with Crippen LogP contribution in [0.25, 0.3) is 0 Å². The Balaban J connectivity index is 1.44. The first-order valence-corrected chi connectivity index (χ1v) is 7.56. The Labute approximate surface area is 118 Å². The van der Waals surface area contributed by atoms with Gasteiger partial charge in [0.2, 0.25) is 11.9 Å². The average molecular weight is 275 g/mol. The van der Waals surface area contributed by atoms with Crippen molar-refractivity contribution in [2.24, 2.45) is 17.8 Å². The van der Waals surface area contributed by atoms with Crippen LogP contribution in [0.1, 0.15) is 38.5 Å². The lowest BCUT2D eigenvalue weighted by Crippen LogP contribution is -2.60. The van der Waals surface area contributed by atoms with Gasteiger partial charge in [-0.3, -0.25) is 4.79 Å². The zero-order valence-electron chi connectivity index (χ0n) is 11.6. The molecule has 4 aliphatic carbocycles. The van der Waals surface area contributed by atoms with Crippen molar-refractivity contribution in [3.63, 3.8) is 0 Å². The molecular weight excluding hydrogens is 254 g/mol. The van der Waals surface area contributed by atoms with E-state index in [1.54, 1.807) is 0 Å². The van der Waals surface area contributed by atoms with E-state index in [1.165, 1.54) is 49.5 Å². The molecule has 5 rings (SSSR count). The van der Waals surface area contributed by atoms with Gasteiger partial charge in [0, 0.05) is 5.54 Å². The van der Waals surface area contributed by atoms with Gasteiger partial charge in [-0.1, -0.05) is 0 Å². The first-order chi connectivity index (χ1) is 9.60. The largest absolute Gasteiger partial charge is 0.367 e. The summed E-state index contributed by atoms with van der Waals surface area (Å²) in [4.78, 5) is 16.1. The van der Waals surface area contributed by atoms with Crippen molar-refractivity contribution in [1.29, 1.82) is 0 Å². The molecule has 0 aliphatic heterocycles. The van der Waals surface area contributed by atoms with Crippen LogP contribution >= 0.6 is 0 Å². The molecule has 3 N–H and O–H groups in total. The monoisotopic (exact) mass is 275 g/mol. The van der Waals surface area contributed by atoms with Crippen molar-refractivity contribution in [3.05, 3.63) is 6.33 Å². The normalized spacial score (nSPS) is 38.1. The minimum absolute atomic E-state index is 0.0388. The van der Waals surface area contributed by atoms with E-state index in [1.807, 2.05) is 0 Å². The minimum Gasteiger partial charge on any atom is -0.367 e. The van der Waals surface area contributed by atoms with Crippen molar-refractivity contribution < 1.29 is 4.79 Å². The molecule has 1 aromatic rings. The molecule has 108 valence electrons. The highest BCUT2D eigenvalue weighted by Gasteiger charge is 2.51. The van der Waals surface area contributed by atoms with E-state index in [2.05, 4.69) is 15.4 Å². The number of nitrogen functional groups attached to an aromatic ring is 1. The van der Waals surface area contributed by atoms with E-state index in [0.717, 1.165) is 17.8 Å². The molecule has 0 unspecified atom stereocenters. The van der Waals surface area contributed by atoms with Crippen molar-refractivity contribution in [2.45, 2.75) is 50.6 Å². The number of nitrogens with two attached hydrogens (primary N) is 1. The highest BCUT2D eigenvalue weighted by Crippen LogP contribution is 2.55. The SMILES string of the molecule is Nc1ncn(CC(=O)NC23CC4CC(CC(C4)C2)C3)n1. The molecule has 1 heterocycles. The van der Waals surface area contributed by atoms with Crippen molar-refractivity contribution in [3.8, 4) is 0 Å². The van der Waals surface area contributed by atoms with Crippen LogP contribution in [0.3, 0.4) is 0 Å². The number of nitrogens with zero attached hydrogens (tertiary/aromatic N) is 3. The summed E-state index contributed by atoms with van der Waals surface area (Å²) in [5.41, 5.74) is 5.53. The number of carbonyl (C=O) groups is 1. The standard InChI is InChI=1S/C14H21N5O/c15-13-16-8-19(18-13)7-12(20)17-14-4-9-1-10(5-14)3-11(2-9)6-14/h8-11H,1-7H2,(H2,15,18)(H,17,20). The minimum atomic E-state index is 0.0388. The van der Waals surface area contributed by atoms with Crippen LogP contribution in [0.4, 0.5) is 5.95 Å². The Morgan fingerprint density at radius 1 is 1.30 bits per heavy atom. The van der Waals surface area contributed by atoms with Crippen molar-refractivity contribution in [1.82, 2.24) is 20.1 Å². The summed E-state index contributed by atoms with van der Waals surface area (Å²) in [7, 11) is 0. The second-order valence-corrected chi connectivity index (χ2v) is 7.05. The zero-order valence-corrected chi connectivity index (χ0v) is 11.6. The molecule has 0 spiro atoms. The zero-order chi connectivity index (χ0) is 13.7. The molecule has 6 nitrogen and oxygen atoms in total. The first-order valence-electron chi connectivity index (χ1n) is 7.56. The van der Waals surface area contributed by atoms with Crippen LogP contribution in [-0.2, 0) is 11.3 Å². The summed E-state index contributed by atoms with van der Waals surface area (Å²) in [5.74, 6) is 2.76. The van der Waals surface area contributed by atoms with Gasteiger partial charge in [-0.05, 0) is 56.3 Å². The van der Waals surface area contributed by atoms with E-state index in [-0.39, 0.29) is 23.9 Å². The Hall–Kier alpha value is -1.59. The van der Waals surface area contributed by atoms with Gasteiger partial charge >= 0.3 is 0 Å². The highest BCUT2D eigenvalue weighted by molar-refractivity contribution is 5.76. The van der Waals surface area contributed by atoms with Gasteiger partial charge in [0.15, 0.2) is 0 Å². The van der Waals surface area contributed by atoms with E-state index < -0.39 is 0 Å². The molecule has 4 saturated carbocycles. The van der Waals surface area contributed by atoms with Crippen molar-refractivity contribution in [2.75, 3.05) is 5.73 Å². The lowest BCUT2D eigenvalue weighted by atomic mass is 9.53. The molecule has 6 heteroatoms. The smallest absolute Gasteiger partial charge is 0.242 e. The third kappa shape index (κ3) is 2.07. The number of anilines is 1. The fourth-order valence-electron chi connectivity index (χ4n) is 5.13. The number of aromatic nitrogens is 3. The molecule has 0 radical (unpaired) electrons. The maximum Gasteiger partial charge on any atom is 0.242 e. The van der Waals surface area contributed by atoms with Gasteiger partial charge in [-0.15, -0.1) is 5.10 Å². The third-order valence-corrected chi connectivity index (χ3v) is 5.30. The molecule has 0 atom stereocenters. The Bertz CT molecular complexity index is 502. The van der Waals surface area contributed by atoms with Crippen LogP contribution in [-0.4, -0.2) is 26.2 Å². The summed E-state index contributed by atoms with van der Waals surface area (Å²) in [6.45, 7) is 0.214. The topological polar surface area (TPSA) is 85.8 Å². The molecule has 4 bridgehead atoms. The van der Waals surface area contributed by atoms with Crippen LogP contribution in [0, 0.1) is 17.8 Å². The molecule has 4 fully saturated rings. The van der Waals surface area contributed by atoms with E-state index >= 15 is 0 Å². The molecule has 0 aromatic carbocycles. The van der Waals surface area contributed by atoms with Crippen LogP contribution in [0.15, 0.2) is 6.33 Å². The Kier molecular flexibility index (Phi) is 2.56. The fourth-order valence-corrected chi connectivity index (χ4v) is 5.13. The number of carbonyl (C=O) groups excluding carboxylic acids is 1. The Morgan fingerprint density at radius 3 is 2.40 bits per heavy atom. The molecule has 1 aromatic heterocycles. The molecule has 1 amide bonds. The maximum atomic E-state index is 12.3. The van der Waals surface area contributed by atoms with Gasteiger partial charge < -0.3 is 11.1 Å². The number of hydrogen-bond acceptors (Lipinski definition) is 4. The van der Waals surface area contributed by atoms with Gasteiger partial charge in [0.25, 0.3) is 0 Å². The molecule has 4 aliphatic rings. The predicted octanol–water partition coefficient (Wildman–Crippen LogP) is 0.945. The van der Waals surface area contributed by atoms with Crippen LogP contribution in [0.2, 0.25) is 0 Å². The van der Waals surface area contributed by atoms with Crippen LogP contribution < -0.4 is 11.1 Å². The average Bonchev–Trinajstić information content (AvgIpc) is 2.71. The number of hydrogen-bond donors (Lipinski definition) is 2. The van der Waals surface area contributed by atoms with Gasteiger partial charge in [0.1, 0.15) is 12.9 Å². The summed E-state index contributed by atoms with van der Waals surface area (Å²) in [6, 6.07) is 0. The maximum absolute atomic E-state index is 12.3. The second-order valence-electron chi connectivity index (χ2n) is 7.05. The lowest BCUT2D eigenvalue weighted by molar-refractivity contribution is -0.127. The summed E-state index contributed by atoms with van der Waals surface area (Å²) in [6.07, 6.45) is 9.17. The summed E-state index contributed by atoms with van der Waals surface area (Å²) in [5, 5.41) is 7.28. The van der Waals surface area contributed by atoms with E-state index in [4.69, 9.17) is 5.73 Å². The molecular formula is C14H21N5O. The predicted molar refractivity (Wildman–Crippen MR) is 73.5 cm³/mol. The van der Waals surface area contributed by atoms with Gasteiger partial charge in [-0.2, -0.15) is 0 Å². The second kappa shape index (κ2) is 4.20. The van der Waals surface area contributed by atoms with E-state index in [9.17, 15) is 4.79 Å². The fraction of sp³-hybridized carbons (Fsp3) is 0.786. The highest BCUT2D eigenvalue weighted by atomic mass is 16.2. The quantitative estimate of drug-likeness (QED) is 0.860. The number of rotatable bonds is 3. The van der Waals surface area contributed by atoms with Crippen LogP contribution in [0.5, 0.6) is 0 Å². The Morgan fingerprint density at radius 2 is 1.90 bits per heavy atom. The molecule has 0 saturated heterocycles. The number of amides is 1. The van der Waals surface area contributed by atoms with Crippen molar-refractivity contribution >= 4 is 11.9 Å². The third-order valence-electron chi connectivity index (χ3n) is 5.30.